The molecule has 0 radical (unpaired) electrons. The highest BCUT2D eigenvalue weighted by Crippen LogP contribution is 2.18. The second-order valence-electron chi connectivity index (χ2n) is 6.16. The number of hydrogen-bond donors (Lipinski definition) is 1. The maximum absolute atomic E-state index is 12.4. The van der Waals surface area contributed by atoms with Gasteiger partial charge in [0.2, 0.25) is 0 Å². The molecule has 3 rings (SSSR count). The summed E-state index contributed by atoms with van der Waals surface area (Å²) in [5.74, 6) is 3.21. The SMILES string of the molecule is CCNc1cc(N2CCN(C(=O)COc3ccccc3)CC2)nc(C)n1. The van der Waals surface area contributed by atoms with Gasteiger partial charge >= 0.3 is 0 Å². The predicted molar refractivity (Wildman–Crippen MR) is 102 cm³/mol. The fourth-order valence-electron chi connectivity index (χ4n) is 2.92. The molecule has 1 amide bonds. The molecule has 1 saturated heterocycles. The second-order valence-corrected chi connectivity index (χ2v) is 6.16. The standard InChI is InChI=1S/C19H25N5O2/c1-3-20-17-13-18(22-15(2)21-17)23-9-11-24(12-10-23)19(25)14-26-16-7-5-4-6-8-16/h4-8,13H,3,9-12,14H2,1-2H3,(H,20,21,22). The summed E-state index contributed by atoms with van der Waals surface area (Å²) < 4.78 is 5.56. The van der Waals surface area contributed by atoms with E-state index in [1.54, 1.807) is 0 Å². The van der Waals surface area contributed by atoms with Gasteiger partial charge in [0.05, 0.1) is 0 Å². The van der Waals surface area contributed by atoms with Crippen LogP contribution in [-0.4, -0.2) is 60.1 Å². The minimum Gasteiger partial charge on any atom is -0.484 e. The molecular weight excluding hydrogens is 330 g/mol. The number of nitrogens with one attached hydrogen (secondary N) is 1. The van der Waals surface area contributed by atoms with Crippen molar-refractivity contribution in [1.29, 1.82) is 0 Å². The zero-order valence-corrected chi connectivity index (χ0v) is 15.3. The maximum Gasteiger partial charge on any atom is 0.260 e. The van der Waals surface area contributed by atoms with E-state index in [0.29, 0.717) is 18.8 Å². The van der Waals surface area contributed by atoms with Crippen LogP contribution in [0.25, 0.3) is 0 Å². The Morgan fingerprint density at radius 1 is 1.15 bits per heavy atom. The summed E-state index contributed by atoms with van der Waals surface area (Å²) in [6.07, 6.45) is 0. The van der Waals surface area contributed by atoms with E-state index >= 15 is 0 Å². The van der Waals surface area contributed by atoms with Gasteiger partial charge in [-0.25, -0.2) is 9.97 Å². The van der Waals surface area contributed by atoms with Crippen LogP contribution in [0.2, 0.25) is 0 Å². The molecule has 0 atom stereocenters. The minimum atomic E-state index is 0.0145. The zero-order valence-electron chi connectivity index (χ0n) is 15.3. The first-order valence-corrected chi connectivity index (χ1v) is 8.96. The van der Waals surface area contributed by atoms with E-state index in [1.165, 1.54) is 0 Å². The van der Waals surface area contributed by atoms with E-state index < -0.39 is 0 Å². The van der Waals surface area contributed by atoms with Gasteiger partial charge < -0.3 is 19.9 Å². The summed E-state index contributed by atoms with van der Waals surface area (Å²) >= 11 is 0. The van der Waals surface area contributed by atoms with Crippen molar-refractivity contribution in [2.75, 3.05) is 49.5 Å². The van der Waals surface area contributed by atoms with Gasteiger partial charge in [-0.15, -0.1) is 0 Å². The monoisotopic (exact) mass is 355 g/mol. The number of carbonyl (C=O) groups is 1. The van der Waals surface area contributed by atoms with Crippen molar-refractivity contribution in [1.82, 2.24) is 14.9 Å². The number of aryl methyl sites for hydroxylation is 1. The van der Waals surface area contributed by atoms with Crippen LogP contribution in [0.1, 0.15) is 12.7 Å². The first-order chi connectivity index (χ1) is 12.7. The van der Waals surface area contributed by atoms with E-state index in [1.807, 2.05) is 55.1 Å². The normalized spacial score (nSPS) is 14.2. The summed E-state index contributed by atoms with van der Waals surface area (Å²) in [7, 11) is 0. The fourth-order valence-corrected chi connectivity index (χ4v) is 2.92. The van der Waals surface area contributed by atoms with Crippen LogP contribution in [0.15, 0.2) is 36.4 Å². The highest BCUT2D eigenvalue weighted by Gasteiger charge is 2.22. The second kappa shape index (κ2) is 8.51. The number of nitrogens with zero attached hydrogens (tertiary/aromatic N) is 4. The van der Waals surface area contributed by atoms with Crippen LogP contribution in [0.5, 0.6) is 5.75 Å². The van der Waals surface area contributed by atoms with E-state index in [4.69, 9.17) is 4.74 Å². The van der Waals surface area contributed by atoms with E-state index in [0.717, 1.165) is 37.1 Å². The third-order valence-corrected chi connectivity index (χ3v) is 4.24. The molecule has 0 saturated carbocycles. The van der Waals surface area contributed by atoms with Crippen molar-refractivity contribution >= 4 is 17.5 Å². The van der Waals surface area contributed by atoms with Crippen molar-refractivity contribution < 1.29 is 9.53 Å². The molecule has 0 aliphatic carbocycles. The molecule has 1 aliphatic heterocycles. The molecule has 1 aliphatic rings. The molecule has 1 aromatic carbocycles. The highest BCUT2D eigenvalue weighted by atomic mass is 16.5. The van der Waals surface area contributed by atoms with E-state index in [-0.39, 0.29) is 12.5 Å². The number of aromatic nitrogens is 2. The smallest absolute Gasteiger partial charge is 0.260 e. The Kier molecular flexibility index (Phi) is 5.88. The van der Waals surface area contributed by atoms with Gasteiger partial charge in [0.1, 0.15) is 23.2 Å². The van der Waals surface area contributed by atoms with Crippen LogP contribution in [-0.2, 0) is 4.79 Å². The highest BCUT2D eigenvalue weighted by molar-refractivity contribution is 5.78. The quantitative estimate of drug-likeness (QED) is 0.854. The topological polar surface area (TPSA) is 70.6 Å². The molecule has 1 N–H and O–H groups in total. The molecular formula is C19H25N5O2. The number of para-hydroxylation sites is 1. The van der Waals surface area contributed by atoms with Crippen molar-refractivity contribution in [2.45, 2.75) is 13.8 Å². The molecule has 2 heterocycles. The van der Waals surface area contributed by atoms with Gasteiger partial charge in [-0.3, -0.25) is 4.79 Å². The third kappa shape index (κ3) is 4.62. The Morgan fingerprint density at radius 2 is 1.88 bits per heavy atom. The minimum absolute atomic E-state index is 0.0145. The lowest BCUT2D eigenvalue weighted by Crippen LogP contribution is -2.50. The molecule has 2 aromatic rings. The van der Waals surface area contributed by atoms with Crippen LogP contribution in [0.3, 0.4) is 0 Å². The van der Waals surface area contributed by atoms with Crippen LogP contribution >= 0.6 is 0 Å². The molecule has 0 bridgehead atoms. The molecule has 7 nitrogen and oxygen atoms in total. The fraction of sp³-hybridized carbons (Fsp3) is 0.421. The lowest BCUT2D eigenvalue weighted by atomic mass is 10.3. The Hall–Kier alpha value is -2.83. The predicted octanol–water partition coefficient (Wildman–Crippen LogP) is 1.94. The van der Waals surface area contributed by atoms with Crippen molar-refractivity contribution in [3.05, 3.63) is 42.2 Å². The number of piperazine rings is 1. The molecule has 7 heteroatoms. The Labute approximate surface area is 154 Å². The number of anilines is 2. The van der Waals surface area contributed by atoms with Crippen molar-refractivity contribution in [3.8, 4) is 5.75 Å². The van der Waals surface area contributed by atoms with Crippen LogP contribution < -0.4 is 15.0 Å². The number of hydrogen-bond acceptors (Lipinski definition) is 6. The van der Waals surface area contributed by atoms with E-state index in [9.17, 15) is 4.79 Å². The first-order valence-electron chi connectivity index (χ1n) is 8.96. The Balaban J connectivity index is 1.53. The zero-order chi connectivity index (χ0) is 18.4. The number of amides is 1. The lowest BCUT2D eigenvalue weighted by molar-refractivity contribution is -0.133. The summed E-state index contributed by atoms with van der Waals surface area (Å²) in [6.45, 7) is 7.65. The van der Waals surface area contributed by atoms with Gasteiger partial charge in [0, 0.05) is 38.8 Å². The molecule has 0 unspecified atom stereocenters. The molecule has 1 aromatic heterocycles. The van der Waals surface area contributed by atoms with Gasteiger partial charge in [-0.2, -0.15) is 0 Å². The molecule has 0 spiro atoms. The third-order valence-electron chi connectivity index (χ3n) is 4.24. The first kappa shape index (κ1) is 18.0. The van der Waals surface area contributed by atoms with Gasteiger partial charge in [0.25, 0.3) is 5.91 Å². The Bertz CT molecular complexity index is 730. The van der Waals surface area contributed by atoms with Gasteiger partial charge in [-0.05, 0) is 26.0 Å². The van der Waals surface area contributed by atoms with Crippen molar-refractivity contribution in [3.63, 3.8) is 0 Å². The Morgan fingerprint density at radius 3 is 2.58 bits per heavy atom. The average Bonchev–Trinajstić information content (AvgIpc) is 2.67. The van der Waals surface area contributed by atoms with Gasteiger partial charge in [0.15, 0.2) is 6.61 Å². The van der Waals surface area contributed by atoms with Crippen molar-refractivity contribution in [2.24, 2.45) is 0 Å². The van der Waals surface area contributed by atoms with E-state index in [2.05, 4.69) is 20.2 Å². The summed E-state index contributed by atoms with van der Waals surface area (Å²) in [6, 6.07) is 11.4. The lowest BCUT2D eigenvalue weighted by Gasteiger charge is -2.35. The summed E-state index contributed by atoms with van der Waals surface area (Å²) in [5.41, 5.74) is 0. The molecule has 26 heavy (non-hydrogen) atoms. The molecule has 1 fully saturated rings. The summed E-state index contributed by atoms with van der Waals surface area (Å²) in [5, 5.41) is 3.23. The van der Waals surface area contributed by atoms with Gasteiger partial charge in [-0.1, -0.05) is 18.2 Å². The maximum atomic E-state index is 12.4. The largest absolute Gasteiger partial charge is 0.484 e. The number of benzene rings is 1. The number of ether oxygens (including phenoxy) is 1. The molecule has 138 valence electrons. The average molecular weight is 355 g/mol. The number of carbonyl (C=O) groups excluding carboxylic acids is 1. The summed E-state index contributed by atoms with van der Waals surface area (Å²) in [4.78, 5) is 25.3. The van der Waals surface area contributed by atoms with Crippen LogP contribution in [0.4, 0.5) is 11.6 Å². The number of rotatable bonds is 6. The van der Waals surface area contributed by atoms with Crippen LogP contribution in [0, 0.1) is 6.92 Å².